The monoisotopic (exact) mass is 325 g/mol. The summed E-state index contributed by atoms with van der Waals surface area (Å²) in [6, 6.07) is 7.46. The second-order valence-corrected chi connectivity index (χ2v) is 5.04. The Morgan fingerprint density at radius 3 is 3.00 bits per heavy atom. The first-order chi connectivity index (χ1) is 9.31. The van der Waals surface area contributed by atoms with Crippen LogP contribution in [0.3, 0.4) is 0 Å². The number of ether oxygens (including phenoxy) is 3. The molecule has 2 rings (SSSR count). The van der Waals surface area contributed by atoms with E-state index in [1.165, 1.54) is 0 Å². The van der Waals surface area contributed by atoms with Gasteiger partial charge in [-0.15, -0.1) is 0 Å². The Hall–Kier alpha value is -1.09. The zero-order chi connectivity index (χ0) is 13.5. The quantitative estimate of drug-likeness (QED) is 0.780. The van der Waals surface area contributed by atoms with Gasteiger partial charge in [0.1, 0.15) is 18.4 Å². The average Bonchev–Trinajstić information content (AvgIpc) is 2.46. The van der Waals surface area contributed by atoms with Crippen molar-refractivity contribution in [2.45, 2.75) is 25.6 Å². The van der Waals surface area contributed by atoms with Crippen molar-refractivity contribution in [2.75, 3.05) is 19.8 Å². The molecule has 0 aromatic heterocycles. The van der Waals surface area contributed by atoms with Gasteiger partial charge in [0.05, 0.1) is 16.6 Å². The molecular weight excluding hydrogens is 310 g/mol. The van der Waals surface area contributed by atoms with Crippen molar-refractivity contribution in [1.82, 2.24) is 0 Å². The molecule has 1 saturated heterocycles. The normalized spacial score (nSPS) is 18.8. The first-order valence-corrected chi connectivity index (χ1v) is 7.15. The Kier molecular flexibility index (Phi) is 5.64. The van der Waals surface area contributed by atoms with E-state index in [1.54, 1.807) is 12.1 Å². The molecule has 1 aliphatic heterocycles. The van der Waals surface area contributed by atoms with Crippen LogP contribution in [0.2, 0.25) is 0 Å². The number of hydrogen-bond acceptors (Lipinski definition) is 4. The van der Waals surface area contributed by atoms with Crippen molar-refractivity contribution < 1.29 is 14.2 Å². The average molecular weight is 326 g/mol. The van der Waals surface area contributed by atoms with Gasteiger partial charge in [-0.25, -0.2) is 0 Å². The molecule has 0 aliphatic carbocycles. The maximum atomic E-state index is 8.91. The van der Waals surface area contributed by atoms with Crippen LogP contribution in [0.15, 0.2) is 22.7 Å². The Morgan fingerprint density at radius 1 is 1.37 bits per heavy atom. The molecular formula is C14H16BrNO3. The van der Waals surface area contributed by atoms with Gasteiger partial charge in [-0.2, -0.15) is 5.26 Å². The molecule has 0 saturated carbocycles. The second kappa shape index (κ2) is 7.49. The number of halogens is 1. The summed E-state index contributed by atoms with van der Waals surface area (Å²) in [4.78, 5) is 0. The van der Waals surface area contributed by atoms with Crippen molar-refractivity contribution in [3.8, 4) is 11.8 Å². The minimum Gasteiger partial charge on any atom is -0.490 e. The Morgan fingerprint density at radius 2 is 2.26 bits per heavy atom. The highest BCUT2D eigenvalue weighted by molar-refractivity contribution is 9.10. The van der Waals surface area contributed by atoms with E-state index in [2.05, 4.69) is 22.0 Å². The third kappa shape index (κ3) is 4.20. The number of rotatable bonds is 5. The van der Waals surface area contributed by atoms with Crippen LogP contribution in [0.5, 0.6) is 5.75 Å². The molecule has 1 fully saturated rings. The van der Waals surface area contributed by atoms with Crippen molar-refractivity contribution >= 4 is 15.9 Å². The summed E-state index contributed by atoms with van der Waals surface area (Å²) in [5, 5.41) is 8.91. The topological polar surface area (TPSA) is 51.5 Å². The van der Waals surface area contributed by atoms with Crippen LogP contribution in [0.1, 0.15) is 24.8 Å². The van der Waals surface area contributed by atoms with Gasteiger partial charge in [0.2, 0.25) is 0 Å². The molecule has 0 spiro atoms. The van der Waals surface area contributed by atoms with Crippen LogP contribution < -0.4 is 4.74 Å². The fourth-order valence-corrected chi connectivity index (χ4v) is 2.35. The summed E-state index contributed by atoms with van der Waals surface area (Å²) in [5.74, 6) is 0.659. The lowest BCUT2D eigenvalue weighted by Crippen LogP contribution is -2.24. The Labute approximate surface area is 121 Å². The number of nitrogens with zero attached hydrogens (tertiary/aromatic N) is 1. The van der Waals surface area contributed by atoms with E-state index in [1.807, 2.05) is 6.07 Å². The highest BCUT2D eigenvalue weighted by Gasteiger charge is 2.13. The maximum Gasteiger partial charge on any atom is 0.157 e. The highest BCUT2D eigenvalue weighted by Crippen LogP contribution is 2.28. The smallest absolute Gasteiger partial charge is 0.157 e. The summed E-state index contributed by atoms with van der Waals surface area (Å²) < 4.78 is 17.3. The largest absolute Gasteiger partial charge is 0.490 e. The SMILES string of the molecule is N#Cc1cccc(OCCOC2CCCCO2)c1Br. The van der Waals surface area contributed by atoms with E-state index >= 15 is 0 Å². The minimum atomic E-state index is -0.0915. The van der Waals surface area contributed by atoms with Crippen molar-refractivity contribution in [1.29, 1.82) is 5.26 Å². The highest BCUT2D eigenvalue weighted by atomic mass is 79.9. The van der Waals surface area contributed by atoms with E-state index < -0.39 is 0 Å². The van der Waals surface area contributed by atoms with E-state index in [0.717, 1.165) is 25.9 Å². The zero-order valence-electron chi connectivity index (χ0n) is 10.6. The number of benzene rings is 1. The molecule has 1 aliphatic rings. The van der Waals surface area contributed by atoms with Crippen LogP contribution in [-0.4, -0.2) is 26.1 Å². The molecule has 1 aromatic carbocycles. The van der Waals surface area contributed by atoms with E-state index in [0.29, 0.717) is 29.0 Å². The first-order valence-electron chi connectivity index (χ1n) is 6.36. The molecule has 0 amide bonds. The molecule has 1 aromatic rings. The van der Waals surface area contributed by atoms with E-state index in [-0.39, 0.29) is 6.29 Å². The van der Waals surface area contributed by atoms with Gasteiger partial charge in [-0.3, -0.25) is 0 Å². The second-order valence-electron chi connectivity index (χ2n) is 4.24. The van der Waals surface area contributed by atoms with E-state index in [9.17, 15) is 0 Å². The fraction of sp³-hybridized carbons (Fsp3) is 0.500. The van der Waals surface area contributed by atoms with Crippen LogP contribution in [0, 0.1) is 11.3 Å². The minimum absolute atomic E-state index is 0.0915. The van der Waals surface area contributed by atoms with Crippen molar-refractivity contribution in [3.05, 3.63) is 28.2 Å². The van der Waals surface area contributed by atoms with Gasteiger partial charge in [-0.1, -0.05) is 6.07 Å². The number of nitriles is 1. The summed E-state index contributed by atoms with van der Waals surface area (Å²) in [6.45, 7) is 1.70. The van der Waals surface area contributed by atoms with Gasteiger partial charge in [0.25, 0.3) is 0 Å². The molecule has 4 nitrogen and oxygen atoms in total. The predicted molar refractivity (Wildman–Crippen MR) is 73.9 cm³/mol. The van der Waals surface area contributed by atoms with Crippen molar-refractivity contribution in [3.63, 3.8) is 0 Å². The molecule has 0 bridgehead atoms. The summed E-state index contributed by atoms with van der Waals surface area (Å²) in [7, 11) is 0. The van der Waals surface area contributed by atoms with Gasteiger partial charge in [-0.05, 0) is 47.3 Å². The standard InChI is InChI=1S/C14H16BrNO3/c15-14-11(10-16)4-3-5-12(14)17-8-9-19-13-6-1-2-7-18-13/h3-5,13H,1-2,6-9H2. The molecule has 1 atom stereocenters. The fourth-order valence-electron chi connectivity index (χ4n) is 1.88. The molecule has 19 heavy (non-hydrogen) atoms. The summed E-state index contributed by atoms with van der Waals surface area (Å²) >= 11 is 3.36. The van der Waals surface area contributed by atoms with Crippen molar-refractivity contribution in [2.24, 2.45) is 0 Å². The first kappa shape index (κ1) is 14.3. The molecule has 5 heteroatoms. The van der Waals surface area contributed by atoms with Crippen LogP contribution in [-0.2, 0) is 9.47 Å². The van der Waals surface area contributed by atoms with Crippen LogP contribution >= 0.6 is 15.9 Å². The van der Waals surface area contributed by atoms with E-state index in [4.69, 9.17) is 19.5 Å². The molecule has 102 valence electrons. The zero-order valence-corrected chi connectivity index (χ0v) is 12.2. The predicted octanol–water partition coefficient (Wildman–Crippen LogP) is 3.24. The lowest BCUT2D eigenvalue weighted by Gasteiger charge is -2.22. The van der Waals surface area contributed by atoms with Gasteiger partial charge in [0.15, 0.2) is 6.29 Å². The Bertz CT molecular complexity index is 452. The molecule has 0 radical (unpaired) electrons. The summed E-state index contributed by atoms with van der Waals surface area (Å²) in [6.07, 6.45) is 3.13. The molecule has 0 N–H and O–H groups in total. The number of hydrogen-bond donors (Lipinski definition) is 0. The van der Waals surface area contributed by atoms with Crippen LogP contribution in [0.25, 0.3) is 0 Å². The van der Waals surface area contributed by atoms with Gasteiger partial charge in [0, 0.05) is 6.61 Å². The van der Waals surface area contributed by atoms with Gasteiger partial charge >= 0.3 is 0 Å². The molecule has 1 heterocycles. The Balaban J connectivity index is 1.75. The van der Waals surface area contributed by atoms with Crippen LogP contribution in [0.4, 0.5) is 0 Å². The maximum absolute atomic E-state index is 8.91. The lowest BCUT2D eigenvalue weighted by atomic mass is 10.2. The third-order valence-electron chi connectivity index (χ3n) is 2.87. The third-order valence-corrected chi connectivity index (χ3v) is 3.68. The van der Waals surface area contributed by atoms with Gasteiger partial charge < -0.3 is 14.2 Å². The summed E-state index contributed by atoms with van der Waals surface area (Å²) in [5.41, 5.74) is 0.564. The molecule has 1 unspecified atom stereocenters. The lowest BCUT2D eigenvalue weighted by molar-refractivity contribution is -0.165.